The summed E-state index contributed by atoms with van der Waals surface area (Å²) in [5.41, 5.74) is 2.00. The lowest BCUT2D eigenvalue weighted by atomic mass is 10.3. The summed E-state index contributed by atoms with van der Waals surface area (Å²) < 4.78 is 13.3. The molecule has 0 spiro atoms. The van der Waals surface area contributed by atoms with Crippen molar-refractivity contribution in [3.63, 3.8) is 0 Å². The van der Waals surface area contributed by atoms with Crippen molar-refractivity contribution in [2.45, 2.75) is 19.4 Å². The molecule has 0 bridgehead atoms. The molecule has 0 saturated heterocycles. The minimum absolute atomic E-state index is 0. The molecule has 3 aromatic rings. The van der Waals surface area contributed by atoms with Crippen LogP contribution in [0.3, 0.4) is 0 Å². The van der Waals surface area contributed by atoms with E-state index in [1.54, 1.807) is 14.2 Å². The zero-order valence-electron chi connectivity index (χ0n) is 17.0. The molecule has 156 valence electrons. The number of guanidine groups is 1. The molecule has 0 aliphatic heterocycles. The molecular weight excluding hydrogens is 481 g/mol. The maximum Gasteiger partial charge on any atom is 0.191 e. The minimum atomic E-state index is -0.0479. The van der Waals surface area contributed by atoms with Crippen LogP contribution in [0.2, 0.25) is 0 Å². The molecule has 2 N–H and O–H groups in total. The molecule has 29 heavy (non-hydrogen) atoms. The Morgan fingerprint density at radius 3 is 2.62 bits per heavy atom. The zero-order chi connectivity index (χ0) is 19.8. The molecule has 0 saturated carbocycles. The number of aromatic nitrogens is 2. The summed E-state index contributed by atoms with van der Waals surface area (Å²) >= 11 is 0. The first-order valence-electron chi connectivity index (χ1n) is 9.36. The molecule has 1 unspecified atom stereocenters. The van der Waals surface area contributed by atoms with Gasteiger partial charge in [-0.3, -0.25) is 4.99 Å². The molecule has 7 nitrogen and oxygen atoms in total. The number of imidazole rings is 1. The Kier molecular flexibility index (Phi) is 9.04. The van der Waals surface area contributed by atoms with Gasteiger partial charge < -0.3 is 24.5 Å². The van der Waals surface area contributed by atoms with Crippen LogP contribution < -0.4 is 20.1 Å². The quantitative estimate of drug-likeness (QED) is 0.278. The van der Waals surface area contributed by atoms with Crippen LogP contribution in [0, 0.1) is 0 Å². The standard InChI is InChI=1S/C21H27N5O2.HI/c1-16(28-19-9-5-4-8-18(19)27-3)14-24-21(22-2)23-12-11-17-15-26-13-7-6-10-20(26)25-17;/h4-10,13,15-16H,11-12,14H2,1-3H3,(H2,22,23,24);1H. The van der Waals surface area contributed by atoms with Crippen molar-refractivity contribution in [1.82, 2.24) is 20.0 Å². The number of hydrogen-bond donors (Lipinski definition) is 2. The summed E-state index contributed by atoms with van der Waals surface area (Å²) in [6.07, 6.45) is 4.82. The van der Waals surface area contributed by atoms with Gasteiger partial charge in [0, 0.05) is 32.4 Å². The fraction of sp³-hybridized carbons (Fsp3) is 0.333. The maximum atomic E-state index is 5.96. The van der Waals surface area contributed by atoms with Crippen LogP contribution in [-0.2, 0) is 6.42 Å². The average Bonchev–Trinajstić information content (AvgIpc) is 3.13. The van der Waals surface area contributed by atoms with Crippen molar-refractivity contribution in [2.24, 2.45) is 4.99 Å². The number of rotatable bonds is 8. The Morgan fingerprint density at radius 1 is 1.14 bits per heavy atom. The van der Waals surface area contributed by atoms with Gasteiger partial charge in [0.05, 0.1) is 19.3 Å². The number of halogens is 1. The Hall–Kier alpha value is -2.49. The maximum absolute atomic E-state index is 5.96. The molecule has 8 heteroatoms. The summed E-state index contributed by atoms with van der Waals surface area (Å²) in [5, 5.41) is 6.60. The number of aliphatic imine (C=N–C) groups is 1. The number of ether oxygens (including phenoxy) is 2. The molecule has 2 aromatic heterocycles. The average molecular weight is 509 g/mol. The number of benzene rings is 1. The zero-order valence-corrected chi connectivity index (χ0v) is 19.3. The SMILES string of the molecule is CN=C(NCCc1cn2ccccc2n1)NCC(C)Oc1ccccc1OC.I. The number of nitrogens with one attached hydrogen (secondary N) is 2. The molecule has 1 atom stereocenters. The van der Waals surface area contributed by atoms with Gasteiger partial charge in [-0.2, -0.15) is 0 Å². The van der Waals surface area contributed by atoms with E-state index in [0.29, 0.717) is 6.54 Å². The highest BCUT2D eigenvalue weighted by molar-refractivity contribution is 14.0. The summed E-state index contributed by atoms with van der Waals surface area (Å²) in [4.78, 5) is 8.87. The number of pyridine rings is 1. The van der Waals surface area contributed by atoms with Crippen molar-refractivity contribution in [1.29, 1.82) is 0 Å². The van der Waals surface area contributed by atoms with E-state index in [9.17, 15) is 0 Å². The number of hydrogen-bond acceptors (Lipinski definition) is 4. The predicted octanol–water partition coefficient (Wildman–Crippen LogP) is 3.14. The number of nitrogens with zero attached hydrogens (tertiary/aromatic N) is 3. The topological polar surface area (TPSA) is 72.2 Å². The lowest BCUT2D eigenvalue weighted by molar-refractivity contribution is 0.213. The Bertz CT molecular complexity index is 895. The van der Waals surface area contributed by atoms with Crippen LogP contribution in [0.4, 0.5) is 0 Å². The third-order valence-corrected chi connectivity index (χ3v) is 4.27. The second kappa shape index (κ2) is 11.5. The van der Waals surface area contributed by atoms with Crippen LogP contribution in [0.15, 0.2) is 59.9 Å². The lowest BCUT2D eigenvalue weighted by Gasteiger charge is -2.19. The highest BCUT2D eigenvalue weighted by Gasteiger charge is 2.09. The number of fused-ring (bicyclic) bond motifs is 1. The molecule has 1 aromatic carbocycles. The highest BCUT2D eigenvalue weighted by atomic mass is 127. The van der Waals surface area contributed by atoms with Crippen molar-refractivity contribution < 1.29 is 9.47 Å². The van der Waals surface area contributed by atoms with Crippen molar-refractivity contribution in [2.75, 3.05) is 27.2 Å². The molecule has 0 aliphatic rings. The van der Waals surface area contributed by atoms with Crippen LogP contribution in [-0.4, -0.2) is 48.7 Å². The first-order valence-corrected chi connectivity index (χ1v) is 9.36. The summed E-state index contributed by atoms with van der Waals surface area (Å²) in [7, 11) is 3.39. The van der Waals surface area contributed by atoms with E-state index < -0.39 is 0 Å². The predicted molar refractivity (Wildman–Crippen MR) is 127 cm³/mol. The molecule has 0 amide bonds. The van der Waals surface area contributed by atoms with E-state index in [1.165, 1.54) is 0 Å². The van der Waals surface area contributed by atoms with E-state index in [2.05, 4.69) is 26.8 Å². The van der Waals surface area contributed by atoms with Gasteiger partial charge in [-0.1, -0.05) is 18.2 Å². The Labute approximate surface area is 188 Å². The summed E-state index contributed by atoms with van der Waals surface area (Å²) in [6.45, 7) is 3.36. The van der Waals surface area contributed by atoms with Crippen molar-refractivity contribution in [3.8, 4) is 11.5 Å². The molecule has 0 fully saturated rings. The largest absolute Gasteiger partial charge is 0.493 e. The van der Waals surface area contributed by atoms with Gasteiger partial charge in [0.2, 0.25) is 0 Å². The molecule has 3 rings (SSSR count). The van der Waals surface area contributed by atoms with Crippen LogP contribution in [0.25, 0.3) is 5.65 Å². The number of methoxy groups -OCH3 is 1. The van der Waals surface area contributed by atoms with Gasteiger partial charge in [-0.25, -0.2) is 4.98 Å². The summed E-state index contributed by atoms with van der Waals surface area (Å²) in [5.74, 6) is 2.19. The minimum Gasteiger partial charge on any atom is -0.493 e. The van der Waals surface area contributed by atoms with E-state index in [4.69, 9.17) is 9.47 Å². The van der Waals surface area contributed by atoms with E-state index in [1.807, 2.05) is 60.0 Å². The Balaban J connectivity index is 0.00000300. The third kappa shape index (κ3) is 6.52. The highest BCUT2D eigenvalue weighted by Crippen LogP contribution is 2.26. The van der Waals surface area contributed by atoms with Crippen LogP contribution in [0.5, 0.6) is 11.5 Å². The Morgan fingerprint density at radius 2 is 1.90 bits per heavy atom. The van der Waals surface area contributed by atoms with E-state index in [0.717, 1.165) is 41.8 Å². The van der Waals surface area contributed by atoms with Gasteiger partial charge >= 0.3 is 0 Å². The van der Waals surface area contributed by atoms with Gasteiger partial charge in [-0.15, -0.1) is 24.0 Å². The first kappa shape index (κ1) is 22.8. The van der Waals surface area contributed by atoms with E-state index >= 15 is 0 Å². The van der Waals surface area contributed by atoms with Gasteiger partial charge in [-0.05, 0) is 31.2 Å². The number of para-hydroxylation sites is 2. The van der Waals surface area contributed by atoms with Crippen molar-refractivity contribution in [3.05, 3.63) is 60.6 Å². The molecule has 0 aliphatic carbocycles. The van der Waals surface area contributed by atoms with Gasteiger partial charge in [0.25, 0.3) is 0 Å². The van der Waals surface area contributed by atoms with Gasteiger partial charge in [0.15, 0.2) is 17.5 Å². The molecular formula is C21H28IN5O2. The third-order valence-electron chi connectivity index (χ3n) is 4.27. The lowest BCUT2D eigenvalue weighted by Crippen LogP contribution is -2.42. The molecule has 2 heterocycles. The van der Waals surface area contributed by atoms with E-state index in [-0.39, 0.29) is 30.1 Å². The normalized spacial score (nSPS) is 12.2. The van der Waals surface area contributed by atoms with Crippen LogP contribution in [0.1, 0.15) is 12.6 Å². The van der Waals surface area contributed by atoms with Gasteiger partial charge in [0.1, 0.15) is 11.8 Å². The molecule has 0 radical (unpaired) electrons. The van der Waals surface area contributed by atoms with Crippen molar-refractivity contribution >= 4 is 35.6 Å². The first-order chi connectivity index (χ1) is 13.7. The fourth-order valence-corrected chi connectivity index (χ4v) is 2.85. The van der Waals surface area contributed by atoms with Crippen LogP contribution >= 0.6 is 24.0 Å². The fourth-order valence-electron chi connectivity index (χ4n) is 2.85. The second-order valence-corrected chi connectivity index (χ2v) is 6.41. The summed E-state index contributed by atoms with van der Waals surface area (Å²) in [6, 6.07) is 13.6. The smallest absolute Gasteiger partial charge is 0.191 e. The second-order valence-electron chi connectivity index (χ2n) is 6.41. The monoisotopic (exact) mass is 509 g/mol.